The molecular formula is C49H31FN2S. The summed E-state index contributed by atoms with van der Waals surface area (Å²) in [4.78, 5) is 0. The average Bonchev–Trinajstić information content (AvgIpc) is 3.86. The molecule has 0 radical (unpaired) electrons. The molecule has 3 heterocycles. The van der Waals surface area contributed by atoms with E-state index in [4.69, 9.17) is 0 Å². The van der Waals surface area contributed by atoms with Crippen LogP contribution in [0.15, 0.2) is 182 Å². The van der Waals surface area contributed by atoms with E-state index in [1.807, 2.05) is 17.4 Å². The van der Waals surface area contributed by atoms with E-state index in [-0.39, 0.29) is 11.7 Å². The molecule has 4 heteroatoms. The molecule has 2 nitrogen and oxygen atoms in total. The molecule has 0 aliphatic rings. The number of benzene rings is 8. The maximum atomic E-state index is 14.8. The van der Waals surface area contributed by atoms with E-state index < -0.39 is 0 Å². The second-order valence-electron chi connectivity index (χ2n) is 13.8. The van der Waals surface area contributed by atoms with Gasteiger partial charge in [0.15, 0.2) is 0 Å². The largest absolute Gasteiger partial charge is 0.309 e. The number of aromatic nitrogens is 2. The van der Waals surface area contributed by atoms with Gasteiger partial charge in [0, 0.05) is 59.0 Å². The predicted octanol–water partition coefficient (Wildman–Crippen LogP) is 13.6. The van der Waals surface area contributed by atoms with Crippen molar-refractivity contribution in [1.29, 1.82) is 0 Å². The molecule has 0 bridgehead atoms. The smallest absolute Gasteiger partial charge is 0.125 e. The van der Waals surface area contributed by atoms with Crippen molar-refractivity contribution >= 4 is 75.1 Å². The minimum absolute atomic E-state index is 0.129. The van der Waals surface area contributed by atoms with Crippen molar-refractivity contribution < 1.29 is 4.39 Å². The molecule has 53 heavy (non-hydrogen) atoms. The third-order valence-electron chi connectivity index (χ3n) is 10.9. The van der Waals surface area contributed by atoms with Crippen molar-refractivity contribution in [3.63, 3.8) is 0 Å². The molecule has 0 saturated heterocycles. The molecule has 0 fully saturated rings. The fraction of sp³-hybridized carbons (Fsp3) is 0.0204. The van der Waals surface area contributed by atoms with Crippen LogP contribution in [0.3, 0.4) is 0 Å². The second-order valence-corrected chi connectivity index (χ2v) is 14.9. The van der Waals surface area contributed by atoms with Gasteiger partial charge in [0.1, 0.15) is 5.82 Å². The monoisotopic (exact) mass is 698 g/mol. The number of hydrogen-bond acceptors (Lipinski definition) is 1. The molecule has 11 aromatic rings. The van der Waals surface area contributed by atoms with Crippen LogP contribution in [0, 0.1) is 5.82 Å². The number of fused-ring (bicyclic) bond motifs is 9. The second kappa shape index (κ2) is 11.8. The van der Waals surface area contributed by atoms with E-state index in [9.17, 15) is 4.39 Å². The van der Waals surface area contributed by atoms with Crippen LogP contribution in [0.1, 0.15) is 22.6 Å². The van der Waals surface area contributed by atoms with Gasteiger partial charge in [-0.1, -0.05) is 121 Å². The number of para-hydroxylation sites is 4. The summed E-state index contributed by atoms with van der Waals surface area (Å²) in [5.74, 6) is -0.380. The molecule has 250 valence electrons. The molecule has 8 aromatic carbocycles. The Morgan fingerprint density at radius 2 is 1.04 bits per heavy atom. The van der Waals surface area contributed by atoms with E-state index >= 15 is 0 Å². The van der Waals surface area contributed by atoms with E-state index in [0.717, 1.165) is 27.8 Å². The summed E-state index contributed by atoms with van der Waals surface area (Å²) in [6.07, 6.45) is 0. The zero-order valence-electron chi connectivity index (χ0n) is 28.6. The fourth-order valence-electron chi connectivity index (χ4n) is 8.75. The van der Waals surface area contributed by atoms with E-state index in [2.05, 4.69) is 167 Å². The molecule has 0 aliphatic heterocycles. The molecule has 0 aliphatic carbocycles. The van der Waals surface area contributed by atoms with Gasteiger partial charge in [-0.3, -0.25) is 0 Å². The zero-order valence-corrected chi connectivity index (χ0v) is 29.4. The lowest BCUT2D eigenvalue weighted by molar-refractivity contribution is 0.627. The third-order valence-corrected chi connectivity index (χ3v) is 12.0. The van der Waals surface area contributed by atoms with E-state index in [1.165, 1.54) is 70.1 Å². The summed E-state index contributed by atoms with van der Waals surface area (Å²) in [7, 11) is 0. The van der Waals surface area contributed by atoms with Gasteiger partial charge in [-0.15, -0.1) is 11.3 Å². The van der Waals surface area contributed by atoms with Crippen LogP contribution in [-0.2, 0) is 0 Å². The van der Waals surface area contributed by atoms with Crippen LogP contribution in [0.5, 0.6) is 0 Å². The third kappa shape index (κ3) is 4.56. The van der Waals surface area contributed by atoms with Gasteiger partial charge in [0.05, 0.1) is 22.1 Å². The Morgan fingerprint density at radius 3 is 1.89 bits per heavy atom. The number of rotatable bonds is 5. The Kier molecular flexibility index (Phi) is 6.70. The molecular weight excluding hydrogens is 668 g/mol. The lowest BCUT2D eigenvalue weighted by Gasteiger charge is -2.23. The summed E-state index contributed by atoms with van der Waals surface area (Å²) in [6, 6.07) is 64.2. The lowest BCUT2D eigenvalue weighted by Crippen LogP contribution is -2.07. The maximum Gasteiger partial charge on any atom is 0.125 e. The van der Waals surface area contributed by atoms with Gasteiger partial charge in [0.2, 0.25) is 0 Å². The zero-order chi connectivity index (χ0) is 35.0. The Morgan fingerprint density at radius 1 is 0.415 bits per heavy atom. The molecule has 0 N–H and O–H groups in total. The topological polar surface area (TPSA) is 9.86 Å². The summed E-state index contributed by atoms with van der Waals surface area (Å²) < 4.78 is 22.0. The molecule has 0 saturated carbocycles. The van der Waals surface area contributed by atoms with Gasteiger partial charge in [-0.05, 0) is 77.4 Å². The Bertz CT molecular complexity index is 3200. The highest BCUT2D eigenvalue weighted by Crippen LogP contribution is 2.46. The highest BCUT2D eigenvalue weighted by Gasteiger charge is 2.27. The first kappa shape index (κ1) is 30.2. The van der Waals surface area contributed by atoms with Gasteiger partial charge in [-0.2, -0.15) is 0 Å². The molecule has 3 aromatic heterocycles. The molecule has 0 amide bonds. The number of hydrogen-bond donors (Lipinski definition) is 0. The first-order valence-corrected chi connectivity index (χ1v) is 18.8. The van der Waals surface area contributed by atoms with Crippen LogP contribution >= 0.6 is 11.3 Å². The van der Waals surface area contributed by atoms with Crippen molar-refractivity contribution in [1.82, 2.24) is 9.13 Å². The summed E-state index contributed by atoms with van der Waals surface area (Å²) in [6.45, 7) is 0. The van der Waals surface area contributed by atoms with Crippen LogP contribution < -0.4 is 0 Å². The highest BCUT2D eigenvalue weighted by molar-refractivity contribution is 7.25. The SMILES string of the molecule is Fc1cccc(-n2c3ccccc3c3c(C(c4ccc5c(c4)sc4ccccc45)c4cccc5c6ccccc6n(-c6ccccc6)c45)cccc32)c1. The lowest BCUT2D eigenvalue weighted by atomic mass is 9.82. The predicted molar refractivity (Wildman–Crippen MR) is 222 cm³/mol. The molecule has 1 unspecified atom stereocenters. The fourth-order valence-corrected chi connectivity index (χ4v) is 9.91. The van der Waals surface area contributed by atoms with Crippen molar-refractivity contribution in [3.8, 4) is 11.4 Å². The first-order valence-electron chi connectivity index (χ1n) is 18.0. The van der Waals surface area contributed by atoms with Gasteiger partial charge < -0.3 is 9.13 Å². The summed E-state index contributed by atoms with van der Waals surface area (Å²) in [5, 5.41) is 7.35. The van der Waals surface area contributed by atoms with Crippen LogP contribution in [-0.4, -0.2) is 9.13 Å². The Labute approximate surface area is 309 Å². The normalized spacial score (nSPS) is 12.5. The van der Waals surface area contributed by atoms with Crippen LogP contribution in [0.25, 0.3) is 75.2 Å². The Hall–Kier alpha value is -6.49. The molecule has 1 atom stereocenters. The number of thiophene rings is 1. The van der Waals surface area contributed by atoms with Gasteiger partial charge >= 0.3 is 0 Å². The maximum absolute atomic E-state index is 14.8. The van der Waals surface area contributed by atoms with Crippen molar-refractivity contribution in [3.05, 3.63) is 204 Å². The van der Waals surface area contributed by atoms with Crippen LogP contribution in [0.4, 0.5) is 4.39 Å². The Balaban J connectivity index is 1.29. The number of halogens is 1. The minimum Gasteiger partial charge on any atom is -0.309 e. The van der Waals surface area contributed by atoms with Crippen LogP contribution in [0.2, 0.25) is 0 Å². The van der Waals surface area contributed by atoms with Crippen molar-refractivity contribution in [2.45, 2.75) is 5.92 Å². The highest BCUT2D eigenvalue weighted by atomic mass is 32.1. The van der Waals surface area contributed by atoms with E-state index in [0.29, 0.717) is 0 Å². The van der Waals surface area contributed by atoms with Gasteiger partial charge in [-0.25, -0.2) is 4.39 Å². The number of nitrogens with zero attached hydrogens (tertiary/aromatic N) is 2. The molecule has 11 rings (SSSR count). The van der Waals surface area contributed by atoms with Crippen molar-refractivity contribution in [2.24, 2.45) is 0 Å². The molecule has 0 spiro atoms. The minimum atomic E-state index is -0.250. The summed E-state index contributed by atoms with van der Waals surface area (Å²) in [5.41, 5.74) is 10.1. The van der Waals surface area contributed by atoms with Gasteiger partial charge in [0.25, 0.3) is 0 Å². The summed E-state index contributed by atoms with van der Waals surface area (Å²) >= 11 is 1.86. The quantitative estimate of drug-likeness (QED) is 0.158. The van der Waals surface area contributed by atoms with Crippen molar-refractivity contribution in [2.75, 3.05) is 0 Å². The van der Waals surface area contributed by atoms with E-state index in [1.54, 1.807) is 12.1 Å². The average molecular weight is 699 g/mol. The standard InChI is InChI=1S/C49H31FN2S/c50-32-13-10-16-34(30-32)51-43-24-8-5-19-39(43)48-40(21-12-25-44(48)51)47(31-27-28-37-36-18-6-9-26-45(36)53-46(37)29-31)41-22-11-20-38-35-17-4-7-23-42(35)52(49(38)41)33-14-2-1-3-15-33/h1-30,47H. The first-order chi connectivity index (χ1) is 26.2.